The number of carbonyl (C=O) groups excluding carboxylic acids is 2. The van der Waals surface area contributed by atoms with Crippen molar-refractivity contribution >= 4 is 17.4 Å². The zero-order valence-electron chi connectivity index (χ0n) is 21.4. The number of hydrogen-bond donors (Lipinski definition) is 1. The van der Waals surface area contributed by atoms with Crippen LogP contribution in [0.15, 0.2) is 42.0 Å². The van der Waals surface area contributed by atoms with Gasteiger partial charge in [-0.1, -0.05) is 0 Å². The van der Waals surface area contributed by atoms with Gasteiger partial charge in [0.2, 0.25) is 0 Å². The van der Waals surface area contributed by atoms with Crippen LogP contribution in [-0.4, -0.2) is 86.3 Å². The second kappa shape index (κ2) is 10.4. The molecule has 2 fully saturated rings. The lowest BCUT2D eigenvalue weighted by Crippen LogP contribution is -2.42. The average molecular weight is 509 g/mol. The molecule has 0 saturated carbocycles. The number of benzene rings is 2. The van der Waals surface area contributed by atoms with Crippen molar-refractivity contribution in [3.63, 3.8) is 0 Å². The monoisotopic (exact) mass is 508 g/mol. The van der Waals surface area contributed by atoms with Crippen molar-refractivity contribution in [1.82, 2.24) is 9.80 Å². The Hall–Kier alpha value is -3.56. The van der Waals surface area contributed by atoms with E-state index in [4.69, 9.17) is 18.9 Å². The highest BCUT2D eigenvalue weighted by Crippen LogP contribution is 2.44. The molecule has 2 saturated heterocycles. The van der Waals surface area contributed by atoms with E-state index in [2.05, 4.69) is 4.90 Å². The molecule has 2 unspecified atom stereocenters. The van der Waals surface area contributed by atoms with Gasteiger partial charge in [-0.25, -0.2) is 0 Å². The Morgan fingerprint density at radius 3 is 2.57 bits per heavy atom. The fourth-order valence-electron chi connectivity index (χ4n) is 5.29. The number of methoxy groups -OCH3 is 2. The number of Topliss-reactive ketones (excluding diaryl/α,β-unsaturated/α-hetero) is 1. The summed E-state index contributed by atoms with van der Waals surface area (Å²) < 4.78 is 22.3. The highest BCUT2D eigenvalue weighted by Gasteiger charge is 2.47. The van der Waals surface area contributed by atoms with Crippen molar-refractivity contribution in [2.24, 2.45) is 0 Å². The Kier molecular flexibility index (Phi) is 7.08. The summed E-state index contributed by atoms with van der Waals surface area (Å²) in [5.74, 6) is 0.220. The molecule has 0 aliphatic carbocycles. The van der Waals surface area contributed by atoms with Crippen LogP contribution < -0.4 is 14.2 Å². The van der Waals surface area contributed by atoms with Crippen LogP contribution in [0.2, 0.25) is 0 Å². The van der Waals surface area contributed by atoms with Crippen molar-refractivity contribution in [3.8, 4) is 17.2 Å². The summed E-state index contributed by atoms with van der Waals surface area (Å²) in [6, 6.07) is 9.75. The number of morpholine rings is 1. The smallest absolute Gasteiger partial charge is 0.295 e. The quantitative estimate of drug-likeness (QED) is 0.347. The second-order valence-corrected chi connectivity index (χ2v) is 9.51. The van der Waals surface area contributed by atoms with Gasteiger partial charge in [0.1, 0.15) is 29.1 Å². The largest absolute Gasteiger partial charge is 0.507 e. The molecule has 0 aromatic heterocycles. The number of ketones is 1. The molecule has 196 valence electrons. The minimum atomic E-state index is -0.838. The number of rotatable bonds is 7. The van der Waals surface area contributed by atoms with Crippen LogP contribution in [0.1, 0.15) is 29.7 Å². The predicted molar refractivity (Wildman–Crippen MR) is 136 cm³/mol. The Labute approximate surface area is 216 Å². The Balaban J connectivity index is 1.59. The number of hydrogen-bond acceptors (Lipinski definition) is 8. The van der Waals surface area contributed by atoms with E-state index in [0.717, 1.165) is 24.4 Å². The van der Waals surface area contributed by atoms with Gasteiger partial charge < -0.3 is 29.0 Å². The Bertz CT molecular complexity index is 1240. The zero-order chi connectivity index (χ0) is 26.1. The van der Waals surface area contributed by atoms with Crippen LogP contribution in [-0.2, 0) is 20.7 Å². The lowest BCUT2D eigenvalue weighted by Gasteiger charge is -2.31. The minimum Gasteiger partial charge on any atom is -0.507 e. The van der Waals surface area contributed by atoms with Crippen molar-refractivity contribution < 1.29 is 33.6 Å². The van der Waals surface area contributed by atoms with E-state index in [9.17, 15) is 14.7 Å². The normalized spacial score (nSPS) is 23.2. The second-order valence-electron chi connectivity index (χ2n) is 9.51. The molecule has 0 radical (unpaired) electrons. The van der Waals surface area contributed by atoms with E-state index in [1.807, 2.05) is 13.0 Å². The van der Waals surface area contributed by atoms with Crippen molar-refractivity contribution in [2.75, 3.05) is 53.6 Å². The number of carbonyl (C=O) groups is 2. The van der Waals surface area contributed by atoms with E-state index in [1.54, 1.807) is 37.4 Å². The van der Waals surface area contributed by atoms with Gasteiger partial charge in [0.05, 0.1) is 39.0 Å². The summed E-state index contributed by atoms with van der Waals surface area (Å²) in [6.45, 7) is 5.64. The molecule has 5 rings (SSSR count). The molecule has 9 heteroatoms. The number of amides is 1. The molecule has 3 aliphatic heterocycles. The molecular weight excluding hydrogens is 476 g/mol. The summed E-state index contributed by atoms with van der Waals surface area (Å²) in [5, 5.41) is 11.5. The number of aliphatic hydroxyl groups is 1. The van der Waals surface area contributed by atoms with E-state index in [1.165, 1.54) is 12.0 Å². The number of aliphatic hydroxyl groups excluding tert-OH is 1. The number of ether oxygens (including phenoxy) is 4. The molecule has 2 aromatic carbocycles. The van der Waals surface area contributed by atoms with E-state index >= 15 is 0 Å². The fraction of sp³-hybridized carbons (Fsp3) is 0.429. The third-order valence-corrected chi connectivity index (χ3v) is 7.20. The van der Waals surface area contributed by atoms with E-state index in [0.29, 0.717) is 55.4 Å². The van der Waals surface area contributed by atoms with Crippen molar-refractivity contribution in [1.29, 1.82) is 0 Å². The maximum atomic E-state index is 13.5. The first kappa shape index (κ1) is 25.1. The topological polar surface area (TPSA) is 97.8 Å². The molecule has 3 heterocycles. The van der Waals surface area contributed by atoms with Crippen molar-refractivity contribution in [3.05, 3.63) is 58.7 Å². The van der Waals surface area contributed by atoms with Gasteiger partial charge in [-0.05, 0) is 48.9 Å². The molecule has 9 nitrogen and oxygen atoms in total. The van der Waals surface area contributed by atoms with E-state index in [-0.39, 0.29) is 17.4 Å². The first-order valence-corrected chi connectivity index (χ1v) is 12.5. The first-order valence-electron chi connectivity index (χ1n) is 12.5. The van der Waals surface area contributed by atoms with Crippen LogP contribution in [0.5, 0.6) is 17.2 Å². The molecule has 3 aliphatic rings. The first-order chi connectivity index (χ1) is 17.9. The summed E-state index contributed by atoms with van der Waals surface area (Å²) in [6.07, 6.45) is 0.747. The Morgan fingerprint density at radius 1 is 1.05 bits per heavy atom. The van der Waals surface area contributed by atoms with Gasteiger partial charge in [0.25, 0.3) is 11.7 Å². The lowest BCUT2D eigenvalue weighted by molar-refractivity contribution is -0.140. The molecular formula is C28H32N2O7. The minimum absolute atomic E-state index is 0.0328. The fourth-order valence-corrected chi connectivity index (χ4v) is 5.29. The van der Waals surface area contributed by atoms with Gasteiger partial charge in [-0.2, -0.15) is 0 Å². The molecule has 37 heavy (non-hydrogen) atoms. The van der Waals surface area contributed by atoms with Crippen LogP contribution in [0.25, 0.3) is 5.76 Å². The summed E-state index contributed by atoms with van der Waals surface area (Å²) in [7, 11) is 3.08. The van der Waals surface area contributed by atoms with Gasteiger partial charge in [-0.15, -0.1) is 0 Å². The molecule has 1 N–H and O–H groups in total. The highest BCUT2D eigenvalue weighted by molar-refractivity contribution is 6.46. The van der Waals surface area contributed by atoms with Crippen LogP contribution >= 0.6 is 0 Å². The lowest BCUT2D eigenvalue weighted by atomic mass is 9.93. The maximum Gasteiger partial charge on any atom is 0.295 e. The van der Waals surface area contributed by atoms with Gasteiger partial charge >= 0.3 is 0 Å². The number of likely N-dealkylation sites (tertiary alicyclic amines) is 1. The number of nitrogens with zero attached hydrogens (tertiary/aromatic N) is 2. The van der Waals surface area contributed by atoms with Crippen LogP contribution in [0, 0.1) is 0 Å². The van der Waals surface area contributed by atoms with Crippen LogP contribution in [0.4, 0.5) is 0 Å². The third-order valence-electron chi connectivity index (χ3n) is 7.20. The molecule has 2 aromatic rings. The molecule has 1 amide bonds. The molecule has 2 atom stereocenters. The SMILES string of the molecule is COc1ccc(OC)c(C2C(=C(O)c3ccc4c(c3)CC(C)O4)C(=O)C(=O)N2CCN2CCOCC2)c1. The van der Waals surface area contributed by atoms with E-state index < -0.39 is 17.7 Å². The van der Waals surface area contributed by atoms with Crippen LogP contribution in [0.3, 0.4) is 0 Å². The summed E-state index contributed by atoms with van der Waals surface area (Å²) >= 11 is 0. The summed E-state index contributed by atoms with van der Waals surface area (Å²) in [5.41, 5.74) is 2.02. The van der Waals surface area contributed by atoms with Crippen molar-refractivity contribution in [2.45, 2.75) is 25.5 Å². The standard InChI is InChI=1S/C28H32N2O7/c1-17-14-19-15-18(4-6-22(19)37-17)26(31)24-25(21-16-20(34-2)5-7-23(21)35-3)30(28(33)27(24)32)9-8-29-10-12-36-13-11-29/h4-7,15-17,25,31H,8-14H2,1-3H3. The number of fused-ring (bicyclic) bond motifs is 1. The third kappa shape index (κ3) is 4.76. The van der Waals surface area contributed by atoms with Gasteiger partial charge in [0.15, 0.2) is 0 Å². The average Bonchev–Trinajstić information content (AvgIpc) is 3.42. The highest BCUT2D eigenvalue weighted by atomic mass is 16.5. The van der Waals surface area contributed by atoms with Gasteiger partial charge in [-0.3, -0.25) is 14.5 Å². The Morgan fingerprint density at radius 2 is 1.84 bits per heavy atom. The predicted octanol–water partition coefficient (Wildman–Crippen LogP) is 2.78. The molecule has 0 spiro atoms. The van der Waals surface area contributed by atoms with Gasteiger partial charge in [0, 0.05) is 43.7 Å². The molecule has 0 bridgehead atoms. The summed E-state index contributed by atoms with van der Waals surface area (Å²) in [4.78, 5) is 30.6. The zero-order valence-corrected chi connectivity index (χ0v) is 21.4. The maximum absolute atomic E-state index is 13.5.